The molecule has 0 saturated carbocycles. The first kappa shape index (κ1) is 18.2. The highest BCUT2D eigenvalue weighted by Crippen LogP contribution is 2.49. The van der Waals surface area contributed by atoms with Crippen molar-refractivity contribution in [2.24, 2.45) is 5.14 Å². The fourth-order valence-corrected chi connectivity index (χ4v) is 3.59. The number of primary sulfonamides is 1. The molecule has 0 spiro atoms. The van der Waals surface area contributed by atoms with Crippen molar-refractivity contribution in [2.75, 3.05) is 0 Å². The summed E-state index contributed by atoms with van der Waals surface area (Å²) in [4.78, 5) is 2.43. The predicted molar refractivity (Wildman–Crippen MR) is 84.2 cm³/mol. The minimum absolute atomic E-state index is 0.0665. The number of ether oxygens (including phenoxy) is 1. The van der Waals surface area contributed by atoms with Gasteiger partial charge in [0.05, 0.1) is 11.5 Å². The number of nitrogens with zero attached hydrogens (tertiary/aromatic N) is 1. The minimum atomic E-state index is -4.37. The van der Waals surface area contributed by atoms with Crippen LogP contribution in [0, 0.1) is 12.4 Å². The third-order valence-electron chi connectivity index (χ3n) is 3.88. The number of halogens is 3. The summed E-state index contributed by atoms with van der Waals surface area (Å²) in [6, 6.07) is 5.13. The van der Waals surface area contributed by atoms with Crippen molar-refractivity contribution >= 4 is 15.7 Å². The maximum Gasteiger partial charge on any atom is 0.281 e. The van der Waals surface area contributed by atoms with Gasteiger partial charge in [0.2, 0.25) is 10.0 Å². The van der Waals surface area contributed by atoms with Gasteiger partial charge in [-0.3, -0.25) is 0 Å². The van der Waals surface area contributed by atoms with Crippen LogP contribution in [0.2, 0.25) is 0 Å². The lowest BCUT2D eigenvalue weighted by atomic mass is 10.1. The summed E-state index contributed by atoms with van der Waals surface area (Å²) in [5.41, 5.74) is -0.859. The van der Waals surface area contributed by atoms with Crippen LogP contribution in [0.25, 0.3) is 4.85 Å². The number of sulfonamides is 1. The van der Waals surface area contributed by atoms with E-state index in [-0.39, 0.29) is 22.7 Å². The molecule has 136 valence electrons. The zero-order chi connectivity index (χ0) is 19.3. The first-order valence-corrected chi connectivity index (χ1v) is 8.68. The molecule has 10 heteroatoms. The van der Waals surface area contributed by atoms with Gasteiger partial charge in [-0.1, -0.05) is 0 Å². The Morgan fingerprint density at radius 3 is 2.62 bits per heavy atom. The van der Waals surface area contributed by atoms with E-state index in [1.54, 1.807) is 0 Å². The summed E-state index contributed by atoms with van der Waals surface area (Å²) in [6.45, 7) is 6.90. The molecule has 1 atom stereocenters. The van der Waals surface area contributed by atoms with E-state index >= 15 is 0 Å². The van der Waals surface area contributed by atoms with E-state index in [1.807, 2.05) is 0 Å². The van der Waals surface area contributed by atoms with Gasteiger partial charge in [-0.2, -0.15) is 0 Å². The van der Waals surface area contributed by atoms with Gasteiger partial charge < -0.3 is 9.84 Å². The molecule has 0 aliphatic heterocycles. The van der Waals surface area contributed by atoms with Gasteiger partial charge in [-0.25, -0.2) is 31.6 Å². The van der Waals surface area contributed by atoms with Crippen LogP contribution in [0.3, 0.4) is 0 Å². The summed E-state index contributed by atoms with van der Waals surface area (Å²) >= 11 is 0. The molecular formula is C16H11F3N2O4S. The van der Waals surface area contributed by atoms with Crippen molar-refractivity contribution in [3.63, 3.8) is 0 Å². The van der Waals surface area contributed by atoms with Crippen molar-refractivity contribution < 1.29 is 31.4 Å². The van der Waals surface area contributed by atoms with Crippen LogP contribution in [0.15, 0.2) is 35.2 Å². The van der Waals surface area contributed by atoms with Gasteiger partial charge in [0, 0.05) is 23.6 Å². The molecule has 1 aliphatic rings. The number of benzene rings is 2. The third kappa shape index (κ3) is 3.12. The molecule has 0 fully saturated rings. The third-order valence-corrected chi connectivity index (χ3v) is 4.85. The smallest absolute Gasteiger partial charge is 0.281 e. The SMILES string of the molecule is [C-]#[N+]c1cc(F)cc(Oc2ccc(S(N)(=O)=O)c3c2CC(F)(F)[C@H]3O)c1. The molecule has 0 aromatic heterocycles. The molecular weight excluding hydrogens is 373 g/mol. The lowest BCUT2D eigenvalue weighted by Crippen LogP contribution is -2.23. The Hall–Kier alpha value is -2.61. The summed E-state index contributed by atoms with van der Waals surface area (Å²) in [6.07, 6.45) is -3.35. The highest BCUT2D eigenvalue weighted by Gasteiger charge is 2.50. The maximum atomic E-state index is 14.0. The molecule has 1 aliphatic carbocycles. The number of hydrogen-bond donors (Lipinski definition) is 2. The van der Waals surface area contributed by atoms with Gasteiger partial charge in [0.15, 0.2) is 5.69 Å². The van der Waals surface area contributed by atoms with E-state index in [9.17, 15) is 26.7 Å². The van der Waals surface area contributed by atoms with Crippen LogP contribution in [0.1, 0.15) is 17.2 Å². The highest BCUT2D eigenvalue weighted by molar-refractivity contribution is 7.89. The number of hydrogen-bond acceptors (Lipinski definition) is 4. The number of aliphatic hydroxyl groups excluding tert-OH is 1. The molecule has 6 nitrogen and oxygen atoms in total. The number of rotatable bonds is 3. The van der Waals surface area contributed by atoms with Crippen LogP contribution in [-0.4, -0.2) is 19.4 Å². The van der Waals surface area contributed by atoms with Crippen molar-refractivity contribution in [2.45, 2.75) is 23.3 Å². The molecule has 0 bridgehead atoms. The second-order valence-corrected chi connectivity index (χ2v) is 7.23. The van der Waals surface area contributed by atoms with E-state index in [1.165, 1.54) is 6.07 Å². The Morgan fingerprint density at radius 2 is 2.00 bits per heavy atom. The molecule has 0 saturated heterocycles. The lowest BCUT2D eigenvalue weighted by Gasteiger charge is -2.15. The lowest BCUT2D eigenvalue weighted by molar-refractivity contribution is -0.0976. The summed E-state index contributed by atoms with van der Waals surface area (Å²) in [7, 11) is -4.37. The Labute approximate surface area is 146 Å². The standard InChI is InChI=1S/C16H11F3N2O4S/c1-21-9-4-8(17)5-10(6-9)25-12-2-3-13(26(20,23)24)14-11(12)7-16(18,19)15(14)22/h2-6,15,22H,7H2,(H2,20,23,24)/t15-/m0/s1. The Kier molecular flexibility index (Phi) is 4.18. The van der Waals surface area contributed by atoms with E-state index in [2.05, 4.69) is 4.85 Å². The predicted octanol–water partition coefficient (Wildman–Crippen LogP) is 3.04. The highest BCUT2D eigenvalue weighted by atomic mass is 32.2. The molecule has 3 N–H and O–H groups in total. The van der Waals surface area contributed by atoms with Gasteiger partial charge >= 0.3 is 0 Å². The number of alkyl halides is 2. The van der Waals surface area contributed by atoms with Crippen molar-refractivity contribution in [3.8, 4) is 11.5 Å². The topological polar surface area (TPSA) is 94.0 Å². The van der Waals surface area contributed by atoms with Gasteiger partial charge in [0.25, 0.3) is 5.92 Å². The van der Waals surface area contributed by atoms with E-state index in [4.69, 9.17) is 16.4 Å². The van der Waals surface area contributed by atoms with Crippen LogP contribution in [0.5, 0.6) is 11.5 Å². The molecule has 3 rings (SSSR count). The average Bonchev–Trinajstić information content (AvgIpc) is 2.77. The van der Waals surface area contributed by atoms with Crippen molar-refractivity contribution in [1.29, 1.82) is 0 Å². The second-order valence-electron chi connectivity index (χ2n) is 5.70. The molecule has 2 aromatic rings. The molecule has 0 radical (unpaired) electrons. The number of fused-ring (bicyclic) bond motifs is 1. The number of aliphatic hydroxyl groups is 1. The largest absolute Gasteiger partial charge is 0.458 e. The quantitative estimate of drug-likeness (QED) is 0.796. The fraction of sp³-hybridized carbons (Fsp3) is 0.188. The zero-order valence-corrected chi connectivity index (χ0v) is 13.7. The maximum absolute atomic E-state index is 14.0. The van der Waals surface area contributed by atoms with Crippen LogP contribution in [-0.2, 0) is 16.4 Å². The van der Waals surface area contributed by atoms with Crippen LogP contribution < -0.4 is 9.88 Å². The summed E-state index contributed by atoms with van der Waals surface area (Å²) in [5, 5.41) is 14.9. The Bertz CT molecular complexity index is 1050. The summed E-state index contributed by atoms with van der Waals surface area (Å²) in [5.74, 6) is -4.71. The minimum Gasteiger partial charge on any atom is -0.458 e. The average molecular weight is 384 g/mol. The van der Waals surface area contributed by atoms with Gasteiger partial charge in [-0.05, 0) is 24.3 Å². The van der Waals surface area contributed by atoms with Crippen LogP contribution >= 0.6 is 0 Å². The van der Waals surface area contributed by atoms with Gasteiger partial charge in [0.1, 0.15) is 23.4 Å². The first-order chi connectivity index (χ1) is 12.0. The molecule has 2 aromatic carbocycles. The monoisotopic (exact) mass is 384 g/mol. The van der Waals surface area contributed by atoms with E-state index in [0.717, 1.165) is 24.3 Å². The van der Waals surface area contributed by atoms with E-state index in [0.29, 0.717) is 0 Å². The normalized spacial score (nSPS) is 18.2. The molecule has 26 heavy (non-hydrogen) atoms. The fourth-order valence-electron chi connectivity index (χ4n) is 2.79. The molecule has 0 unspecified atom stereocenters. The number of nitrogens with two attached hydrogens (primary N) is 1. The Balaban J connectivity index is 2.15. The summed E-state index contributed by atoms with van der Waals surface area (Å²) < 4.78 is 70.1. The second kappa shape index (κ2) is 5.98. The zero-order valence-electron chi connectivity index (χ0n) is 12.9. The molecule has 0 amide bonds. The van der Waals surface area contributed by atoms with Crippen molar-refractivity contribution in [3.05, 3.63) is 58.7 Å². The molecule has 0 heterocycles. The first-order valence-electron chi connectivity index (χ1n) is 7.13. The van der Waals surface area contributed by atoms with Crippen molar-refractivity contribution in [1.82, 2.24) is 0 Å². The van der Waals surface area contributed by atoms with Crippen LogP contribution in [0.4, 0.5) is 18.9 Å². The van der Waals surface area contributed by atoms with E-state index < -0.39 is 44.7 Å². The Morgan fingerprint density at radius 1 is 1.31 bits per heavy atom. The van der Waals surface area contributed by atoms with Gasteiger partial charge in [-0.15, -0.1) is 0 Å².